The lowest BCUT2D eigenvalue weighted by Crippen LogP contribution is -2.47. The van der Waals surface area contributed by atoms with E-state index >= 15 is 0 Å². The van der Waals surface area contributed by atoms with Gasteiger partial charge in [0.25, 0.3) is 0 Å². The van der Waals surface area contributed by atoms with Gasteiger partial charge in [-0.15, -0.1) is 0 Å². The molecule has 0 spiro atoms. The summed E-state index contributed by atoms with van der Waals surface area (Å²) in [6, 6.07) is 0. The van der Waals surface area contributed by atoms with Crippen molar-refractivity contribution in [2.45, 2.75) is 0 Å². The van der Waals surface area contributed by atoms with E-state index in [1.165, 1.54) is 0 Å². The van der Waals surface area contributed by atoms with Gasteiger partial charge < -0.3 is 0 Å². The number of halogens is 2. The van der Waals surface area contributed by atoms with Gasteiger partial charge >= 0.3 is 0 Å². The molecule has 4 nitrogen and oxygen atoms in total. The second-order valence-corrected chi connectivity index (χ2v) is 2.79. The molecule has 0 saturated carbocycles. The van der Waals surface area contributed by atoms with E-state index in [1.54, 1.807) is 0 Å². The van der Waals surface area contributed by atoms with E-state index in [4.69, 9.17) is 34.0 Å². The zero-order valence-electron chi connectivity index (χ0n) is 5.57. The molecule has 0 fully saturated rings. The first kappa shape index (κ1) is 9.09. The van der Waals surface area contributed by atoms with E-state index < -0.39 is 31.6 Å². The molecular formula is C6H2Cl2N2O2. The van der Waals surface area contributed by atoms with Crippen molar-refractivity contribution in [3.63, 3.8) is 0 Å². The quantitative estimate of drug-likeness (QED) is 0.601. The zero-order chi connectivity index (χ0) is 9.46. The summed E-state index contributed by atoms with van der Waals surface area (Å²) in [4.78, 5) is 21.8. The molecule has 0 aromatic heterocycles. The van der Waals surface area contributed by atoms with Crippen molar-refractivity contribution in [3.8, 4) is 0 Å². The van der Waals surface area contributed by atoms with Crippen molar-refractivity contribution in [1.29, 1.82) is 10.8 Å². The topological polar surface area (TPSA) is 81.8 Å². The fourth-order valence-corrected chi connectivity index (χ4v) is 1.01. The van der Waals surface area contributed by atoms with E-state index in [9.17, 15) is 9.59 Å². The van der Waals surface area contributed by atoms with Crippen molar-refractivity contribution in [2.24, 2.45) is 0 Å². The molecule has 0 atom stereocenters. The minimum absolute atomic E-state index is 0.484. The fourth-order valence-electron chi connectivity index (χ4n) is 0.646. The van der Waals surface area contributed by atoms with Crippen LogP contribution in [0.5, 0.6) is 0 Å². The SMILES string of the molecule is N=c1c(=O)c(Cl)c(Cl)c(=O)c1=N. The molecule has 0 aliphatic rings. The maximum absolute atomic E-state index is 10.9. The maximum atomic E-state index is 10.9. The Hall–Kier alpha value is -1.00. The van der Waals surface area contributed by atoms with E-state index in [2.05, 4.69) is 0 Å². The molecule has 62 valence electrons. The normalized spacial score (nSPS) is 10.2. The Labute approximate surface area is 75.7 Å². The monoisotopic (exact) mass is 204 g/mol. The largest absolute Gasteiger partial charge is 0.295 e. The summed E-state index contributed by atoms with van der Waals surface area (Å²) in [6.45, 7) is 0. The van der Waals surface area contributed by atoms with E-state index in [0.29, 0.717) is 0 Å². The second kappa shape index (κ2) is 2.80. The number of nitrogens with one attached hydrogen (secondary N) is 2. The van der Waals surface area contributed by atoms with Crippen LogP contribution in [0, 0.1) is 10.8 Å². The van der Waals surface area contributed by atoms with E-state index in [1.807, 2.05) is 0 Å². The van der Waals surface area contributed by atoms with Gasteiger partial charge in [-0.25, -0.2) is 0 Å². The number of hydrogen-bond donors (Lipinski definition) is 2. The Bertz CT molecular complexity index is 479. The Morgan fingerprint density at radius 2 is 1.08 bits per heavy atom. The first-order valence-corrected chi connectivity index (χ1v) is 3.54. The van der Waals surface area contributed by atoms with E-state index in [0.717, 1.165) is 0 Å². The lowest BCUT2D eigenvalue weighted by atomic mass is 10.3. The predicted molar refractivity (Wildman–Crippen MR) is 43.1 cm³/mol. The van der Waals surface area contributed by atoms with Gasteiger partial charge in [-0.1, -0.05) is 23.2 Å². The highest BCUT2D eigenvalue weighted by atomic mass is 35.5. The summed E-state index contributed by atoms with van der Waals surface area (Å²) in [6.07, 6.45) is 0. The molecule has 1 aromatic rings. The number of rotatable bonds is 0. The van der Waals surface area contributed by atoms with Gasteiger partial charge in [0, 0.05) is 0 Å². The number of hydrogen-bond acceptors (Lipinski definition) is 4. The first-order valence-electron chi connectivity index (χ1n) is 2.79. The van der Waals surface area contributed by atoms with Gasteiger partial charge in [0.1, 0.15) is 20.8 Å². The Kier molecular flexibility index (Phi) is 2.12. The van der Waals surface area contributed by atoms with E-state index in [-0.39, 0.29) is 0 Å². The van der Waals surface area contributed by atoms with Crippen LogP contribution in [0.1, 0.15) is 0 Å². The first-order chi connectivity index (χ1) is 5.46. The molecule has 0 aliphatic heterocycles. The van der Waals surface area contributed by atoms with Crippen LogP contribution < -0.4 is 21.6 Å². The van der Waals surface area contributed by atoms with Gasteiger partial charge in [-0.05, 0) is 0 Å². The van der Waals surface area contributed by atoms with Crippen LogP contribution >= 0.6 is 23.2 Å². The summed E-state index contributed by atoms with van der Waals surface area (Å²) in [5.41, 5.74) is -1.77. The summed E-state index contributed by atoms with van der Waals surface area (Å²) in [7, 11) is 0. The lowest BCUT2D eigenvalue weighted by molar-refractivity contribution is 1.08. The second-order valence-electron chi connectivity index (χ2n) is 2.04. The van der Waals surface area contributed by atoms with Gasteiger partial charge in [0.05, 0.1) is 0 Å². The maximum Gasteiger partial charge on any atom is 0.225 e. The highest BCUT2D eigenvalue weighted by Crippen LogP contribution is 2.08. The Balaban J connectivity index is 4.15. The van der Waals surface area contributed by atoms with Crippen LogP contribution in [0.4, 0.5) is 0 Å². The fraction of sp³-hybridized carbons (Fsp3) is 0. The molecule has 0 radical (unpaired) electrons. The molecule has 0 aliphatic carbocycles. The van der Waals surface area contributed by atoms with Crippen LogP contribution in [-0.4, -0.2) is 0 Å². The van der Waals surface area contributed by atoms with Gasteiger partial charge in [0.2, 0.25) is 10.9 Å². The zero-order valence-corrected chi connectivity index (χ0v) is 7.08. The summed E-state index contributed by atoms with van der Waals surface area (Å²) in [5, 5.41) is 11.6. The van der Waals surface area contributed by atoms with Gasteiger partial charge in [0.15, 0.2) is 0 Å². The smallest absolute Gasteiger partial charge is 0.225 e. The lowest BCUT2D eigenvalue weighted by Gasteiger charge is -1.89. The average Bonchev–Trinajstić information content (AvgIpc) is 2.08. The molecular weight excluding hydrogens is 203 g/mol. The highest BCUT2D eigenvalue weighted by molar-refractivity contribution is 6.41. The standard InChI is InChI=1S/C6H2Cl2N2O2/c7-1-2(8)6(12)4(10)3(9)5(1)11/h9-10H. The van der Waals surface area contributed by atoms with Crippen molar-refractivity contribution in [3.05, 3.63) is 41.2 Å². The molecule has 1 aromatic carbocycles. The molecule has 0 bridgehead atoms. The Morgan fingerprint density at radius 1 is 0.833 bits per heavy atom. The van der Waals surface area contributed by atoms with Crippen LogP contribution in [0.25, 0.3) is 0 Å². The number of benzene rings is 1. The molecule has 6 heteroatoms. The van der Waals surface area contributed by atoms with Crippen molar-refractivity contribution in [2.75, 3.05) is 0 Å². The third kappa shape index (κ3) is 1.09. The molecule has 12 heavy (non-hydrogen) atoms. The van der Waals surface area contributed by atoms with Crippen LogP contribution in [-0.2, 0) is 0 Å². The summed E-state index contributed by atoms with van der Waals surface area (Å²) < 4.78 is 0. The minimum Gasteiger partial charge on any atom is -0.295 e. The van der Waals surface area contributed by atoms with Gasteiger partial charge in [-0.2, -0.15) is 0 Å². The summed E-state index contributed by atoms with van der Waals surface area (Å²) in [5.74, 6) is 0. The minimum atomic E-state index is -0.883. The molecule has 0 heterocycles. The van der Waals surface area contributed by atoms with Crippen LogP contribution in [0.15, 0.2) is 9.59 Å². The molecule has 0 saturated heterocycles. The van der Waals surface area contributed by atoms with Crippen LogP contribution in [0.2, 0.25) is 10.0 Å². The third-order valence-electron chi connectivity index (χ3n) is 1.30. The summed E-state index contributed by atoms with van der Waals surface area (Å²) >= 11 is 10.6. The van der Waals surface area contributed by atoms with Crippen LogP contribution in [0.3, 0.4) is 0 Å². The predicted octanol–water partition coefficient (Wildman–Crippen LogP) is -0.452. The van der Waals surface area contributed by atoms with Crippen molar-refractivity contribution >= 4 is 23.2 Å². The molecule has 1 rings (SSSR count). The third-order valence-corrected chi connectivity index (χ3v) is 2.11. The molecule has 0 amide bonds. The van der Waals surface area contributed by atoms with Crippen molar-refractivity contribution in [1.82, 2.24) is 0 Å². The average molecular weight is 205 g/mol. The van der Waals surface area contributed by atoms with Crippen molar-refractivity contribution < 1.29 is 0 Å². The van der Waals surface area contributed by atoms with Gasteiger partial charge in [-0.3, -0.25) is 20.4 Å². The highest BCUT2D eigenvalue weighted by Gasteiger charge is 2.10. The Morgan fingerprint density at radius 3 is 1.33 bits per heavy atom. The molecule has 2 N–H and O–H groups in total. The molecule has 0 unspecified atom stereocenters.